The smallest absolute Gasteiger partial charge is 0.0541 e. The summed E-state index contributed by atoms with van der Waals surface area (Å²) >= 11 is 3.77. The van der Waals surface area contributed by atoms with Crippen molar-refractivity contribution in [3.05, 3.63) is 218 Å². The molecule has 15 aromatic rings. The van der Waals surface area contributed by atoms with E-state index in [2.05, 4.69) is 228 Å². The van der Waals surface area contributed by atoms with E-state index in [0.717, 1.165) is 11.4 Å². The second kappa shape index (κ2) is 13.7. The van der Waals surface area contributed by atoms with Gasteiger partial charge in [0.1, 0.15) is 0 Å². The monoisotopic (exact) mass is 872 g/mol. The Morgan fingerprint density at radius 2 is 0.576 bits per heavy atom. The maximum Gasteiger partial charge on any atom is 0.0541 e. The van der Waals surface area contributed by atoms with Crippen molar-refractivity contribution >= 4 is 128 Å². The van der Waals surface area contributed by atoms with Crippen LogP contribution in [0.5, 0.6) is 0 Å². The predicted molar refractivity (Wildman–Crippen MR) is 287 cm³/mol. The predicted octanol–water partition coefficient (Wildman–Crippen LogP) is 18.3. The molecule has 0 fully saturated rings. The number of fused-ring (bicyclic) bond motifs is 14. The minimum Gasteiger partial charge on any atom is -0.309 e. The van der Waals surface area contributed by atoms with Gasteiger partial charge in [0.2, 0.25) is 0 Å². The van der Waals surface area contributed by atoms with Gasteiger partial charge in [-0.25, -0.2) is 0 Å². The van der Waals surface area contributed by atoms with E-state index in [0.29, 0.717) is 0 Å². The number of aromatic nitrogens is 2. The molecule has 0 saturated carbocycles. The van der Waals surface area contributed by atoms with Crippen LogP contribution in [0.25, 0.3) is 139 Å². The van der Waals surface area contributed by atoms with E-state index < -0.39 is 0 Å². The molecule has 4 heteroatoms. The molecule has 0 atom stereocenters. The topological polar surface area (TPSA) is 9.86 Å². The van der Waals surface area contributed by atoms with E-state index in [1.807, 2.05) is 22.7 Å². The summed E-state index contributed by atoms with van der Waals surface area (Å²) < 4.78 is 10.2. The van der Waals surface area contributed by atoms with Crippen molar-refractivity contribution in [2.24, 2.45) is 0 Å². The molecule has 0 bridgehead atoms. The summed E-state index contributed by atoms with van der Waals surface area (Å²) in [5.41, 5.74) is 12.2. The van der Waals surface area contributed by atoms with Gasteiger partial charge < -0.3 is 9.13 Å². The molecule has 0 aliphatic rings. The molecule has 2 nitrogen and oxygen atoms in total. The largest absolute Gasteiger partial charge is 0.309 e. The number of para-hydroxylation sites is 4. The molecule has 0 saturated heterocycles. The first-order valence-corrected chi connectivity index (χ1v) is 24.2. The molecule has 0 aliphatic carbocycles. The molecule has 66 heavy (non-hydrogen) atoms. The van der Waals surface area contributed by atoms with E-state index in [-0.39, 0.29) is 0 Å². The Morgan fingerprint density at radius 1 is 0.242 bits per heavy atom. The first-order valence-electron chi connectivity index (χ1n) is 22.6. The number of benzene rings is 11. The van der Waals surface area contributed by atoms with E-state index >= 15 is 0 Å². The average Bonchev–Trinajstić information content (AvgIpc) is 4.13. The van der Waals surface area contributed by atoms with Crippen LogP contribution in [0.4, 0.5) is 0 Å². The molecule has 0 amide bonds. The molecule has 0 unspecified atom stereocenters. The van der Waals surface area contributed by atoms with Gasteiger partial charge in [-0.3, -0.25) is 0 Å². The minimum atomic E-state index is 1.15. The lowest BCUT2D eigenvalue weighted by Crippen LogP contribution is -1.98. The highest BCUT2D eigenvalue weighted by atomic mass is 32.1. The maximum absolute atomic E-state index is 2.49. The molecule has 0 N–H and O–H groups in total. The number of hydrogen-bond acceptors (Lipinski definition) is 2. The summed E-state index contributed by atoms with van der Waals surface area (Å²) in [4.78, 5) is 0. The highest BCUT2D eigenvalue weighted by molar-refractivity contribution is 7.26. The Balaban J connectivity index is 1.16. The zero-order valence-corrected chi connectivity index (χ0v) is 37.1. The van der Waals surface area contributed by atoms with Gasteiger partial charge >= 0.3 is 0 Å². The standard InChI is InChI=1S/C62H36N2S2/c1-7-23-51-39(15-1)40-16-2-8-24-52(40)63(51)37-31-33-43-49(35-37)59(47-21-13-29-57-61(47)45-19-5-11-27-55(45)65-57)44-34-32-38(64-53-25-9-3-17-41(53)42-18-4-10-26-54(42)64)36-50(44)60(43)48-22-14-30-58-62(48)46-20-6-12-28-56(46)66-58/h1-36H. The van der Waals surface area contributed by atoms with Crippen LogP contribution in [0.3, 0.4) is 0 Å². The van der Waals surface area contributed by atoms with Gasteiger partial charge in [-0.2, -0.15) is 0 Å². The number of rotatable bonds is 4. The van der Waals surface area contributed by atoms with Crippen LogP contribution < -0.4 is 0 Å². The second-order valence-electron chi connectivity index (χ2n) is 17.5. The Labute approximate surface area is 387 Å². The molecule has 11 aromatic carbocycles. The third-order valence-corrected chi connectivity index (χ3v) is 16.4. The number of thiophene rings is 2. The normalized spacial score (nSPS) is 12.2. The summed E-state index contributed by atoms with van der Waals surface area (Å²) in [6.45, 7) is 0. The summed E-state index contributed by atoms with van der Waals surface area (Å²) in [5.74, 6) is 0. The Kier molecular flexibility index (Phi) is 7.57. The van der Waals surface area contributed by atoms with Crippen molar-refractivity contribution in [2.45, 2.75) is 0 Å². The Hall–Kier alpha value is -8.02. The lowest BCUT2D eigenvalue weighted by atomic mass is 9.83. The van der Waals surface area contributed by atoms with Crippen molar-refractivity contribution in [2.75, 3.05) is 0 Å². The number of nitrogens with zero attached hydrogens (tertiary/aromatic N) is 2. The summed E-state index contributed by atoms with van der Waals surface area (Å²) in [6, 6.07) is 81.7. The fourth-order valence-corrected chi connectivity index (χ4v) is 13.7. The van der Waals surface area contributed by atoms with Crippen molar-refractivity contribution in [3.63, 3.8) is 0 Å². The molecule has 0 radical (unpaired) electrons. The van der Waals surface area contributed by atoms with Gasteiger partial charge in [0.15, 0.2) is 0 Å². The molecular weight excluding hydrogens is 837 g/mol. The number of hydrogen-bond donors (Lipinski definition) is 0. The van der Waals surface area contributed by atoms with Crippen LogP contribution in [0, 0.1) is 0 Å². The fourth-order valence-electron chi connectivity index (χ4n) is 11.4. The second-order valence-corrected chi connectivity index (χ2v) is 19.7. The van der Waals surface area contributed by atoms with Gasteiger partial charge in [0.25, 0.3) is 0 Å². The zero-order chi connectivity index (χ0) is 43.0. The third-order valence-electron chi connectivity index (χ3n) is 14.1. The SMILES string of the molecule is c1ccc2c(c1)sc1cccc(-c3c4ccc(-n5c6ccccc6c6ccccc65)cc4c(-c4cccc5sc6ccccc6c45)c4ccc(-n5c6ccccc6c6ccccc65)cc34)c12. The first kappa shape index (κ1) is 36.3. The van der Waals surface area contributed by atoms with Gasteiger partial charge in [0, 0.05) is 73.3 Å². The van der Waals surface area contributed by atoms with Gasteiger partial charge in [-0.15, -0.1) is 22.7 Å². The molecule has 4 aromatic heterocycles. The van der Waals surface area contributed by atoms with Crippen LogP contribution >= 0.6 is 22.7 Å². The first-order chi connectivity index (χ1) is 32.8. The summed E-state index contributed by atoms with van der Waals surface area (Å²) in [5, 5.41) is 15.2. The van der Waals surface area contributed by atoms with Crippen LogP contribution in [-0.2, 0) is 0 Å². The quantitative estimate of drug-likeness (QED) is 0.156. The maximum atomic E-state index is 2.49. The van der Waals surface area contributed by atoms with E-state index in [9.17, 15) is 0 Å². The van der Waals surface area contributed by atoms with Crippen LogP contribution in [-0.4, -0.2) is 9.13 Å². The zero-order valence-electron chi connectivity index (χ0n) is 35.5. The highest BCUT2D eigenvalue weighted by Gasteiger charge is 2.24. The third kappa shape index (κ3) is 5.00. The average molecular weight is 873 g/mol. The van der Waals surface area contributed by atoms with Gasteiger partial charge in [-0.05, 0) is 117 Å². The van der Waals surface area contributed by atoms with Crippen molar-refractivity contribution in [3.8, 4) is 33.6 Å². The van der Waals surface area contributed by atoms with Crippen LogP contribution in [0.2, 0.25) is 0 Å². The Morgan fingerprint density at radius 3 is 0.970 bits per heavy atom. The van der Waals surface area contributed by atoms with Crippen molar-refractivity contribution in [1.82, 2.24) is 9.13 Å². The lowest BCUT2D eigenvalue weighted by Gasteiger charge is -2.21. The van der Waals surface area contributed by atoms with Crippen LogP contribution in [0.1, 0.15) is 0 Å². The lowest BCUT2D eigenvalue weighted by molar-refractivity contribution is 1.18. The van der Waals surface area contributed by atoms with Crippen molar-refractivity contribution < 1.29 is 0 Å². The van der Waals surface area contributed by atoms with E-state index in [1.54, 1.807) is 0 Å². The van der Waals surface area contributed by atoms with Gasteiger partial charge in [0.05, 0.1) is 22.1 Å². The van der Waals surface area contributed by atoms with Gasteiger partial charge in [-0.1, -0.05) is 146 Å². The highest BCUT2D eigenvalue weighted by Crippen LogP contribution is 2.51. The minimum absolute atomic E-state index is 1.15. The van der Waals surface area contributed by atoms with Crippen molar-refractivity contribution in [1.29, 1.82) is 0 Å². The molecule has 15 rings (SSSR count). The molecular formula is C62H36N2S2. The summed E-state index contributed by atoms with van der Waals surface area (Å²) in [6.07, 6.45) is 0. The molecule has 306 valence electrons. The van der Waals surface area contributed by atoms with E-state index in [1.165, 1.54) is 128 Å². The summed E-state index contributed by atoms with van der Waals surface area (Å²) in [7, 11) is 0. The molecule has 0 spiro atoms. The van der Waals surface area contributed by atoms with E-state index in [4.69, 9.17) is 0 Å². The molecule has 0 aliphatic heterocycles. The fraction of sp³-hybridized carbons (Fsp3) is 0. The Bertz CT molecular complexity index is 4140. The molecule has 4 heterocycles. The van der Waals surface area contributed by atoms with Crippen LogP contribution in [0.15, 0.2) is 218 Å².